The highest BCUT2D eigenvalue weighted by molar-refractivity contribution is 5.78. The predicted molar refractivity (Wildman–Crippen MR) is 123 cm³/mol. The van der Waals surface area contributed by atoms with Gasteiger partial charge in [-0.05, 0) is 61.7 Å². The maximum absolute atomic E-state index is 6.29. The van der Waals surface area contributed by atoms with Crippen molar-refractivity contribution in [3.05, 3.63) is 77.6 Å². The fraction of sp³-hybridized carbons (Fsp3) is 0.259. The van der Waals surface area contributed by atoms with Crippen LogP contribution in [0.5, 0.6) is 11.5 Å². The van der Waals surface area contributed by atoms with Crippen molar-refractivity contribution >= 4 is 6.02 Å². The Morgan fingerprint density at radius 2 is 1.81 bits per heavy atom. The molecule has 1 fully saturated rings. The lowest BCUT2D eigenvalue weighted by atomic mass is 9.71. The molecule has 1 atom stereocenters. The Morgan fingerprint density at radius 1 is 1.00 bits per heavy atom. The second-order valence-electron chi connectivity index (χ2n) is 9.03. The minimum atomic E-state index is -0.761. The van der Waals surface area contributed by atoms with E-state index >= 15 is 0 Å². The second-order valence-corrected chi connectivity index (χ2v) is 9.03. The van der Waals surface area contributed by atoms with Crippen LogP contribution in [0.25, 0.3) is 11.1 Å². The summed E-state index contributed by atoms with van der Waals surface area (Å²) in [5.74, 6) is 8.36. The zero-order valence-electron chi connectivity index (χ0n) is 17.9. The van der Waals surface area contributed by atoms with E-state index in [2.05, 4.69) is 35.9 Å². The number of amidine groups is 1. The van der Waals surface area contributed by atoms with Gasteiger partial charge in [-0.25, -0.2) is 4.99 Å². The highest BCUT2D eigenvalue weighted by atomic mass is 16.5. The molecule has 3 aliphatic rings. The molecule has 0 radical (unpaired) electrons. The molecule has 0 unspecified atom stereocenters. The van der Waals surface area contributed by atoms with Crippen LogP contribution in [-0.4, -0.2) is 17.6 Å². The molecule has 0 amide bonds. The lowest BCUT2D eigenvalue weighted by Gasteiger charge is -2.34. The summed E-state index contributed by atoms with van der Waals surface area (Å²) in [6, 6.07) is 16.4. The molecule has 2 aromatic carbocycles. The van der Waals surface area contributed by atoms with Crippen LogP contribution < -0.4 is 10.5 Å². The average Bonchev–Trinajstić information content (AvgIpc) is 3.19. The normalized spacial score (nSPS) is 21.7. The topological polar surface area (TPSA) is 69.7 Å². The largest absolute Gasteiger partial charge is 0.462 e. The van der Waals surface area contributed by atoms with E-state index in [9.17, 15) is 0 Å². The number of aromatic nitrogens is 1. The summed E-state index contributed by atoms with van der Waals surface area (Å²) in [4.78, 5) is 9.06. The highest BCUT2D eigenvalue weighted by Gasteiger charge is 2.47. The van der Waals surface area contributed by atoms with Crippen molar-refractivity contribution in [2.75, 3.05) is 6.61 Å². The lowest BCUT2D eigenvalue weighted by molar-refractivity contribution is 0.248. The standard InChI is InChI=1S/C27H23N3O2/c1-26(10-3-11-26)12-9-18-5-7-23-21(14-18)27(17-31-25(28)30-27)22-15-19(6-8-24(22)32-23)20-4-2-13-29-16-20/h2,4-8,13-16H,3,10-11,17H2,1H3,(H2,28,30)/t27-/m1/s1. The minimum Gasteiger partial charge on any atom is -0.462 e. The first-order valence-corrected chi connectivity index (χ1v) is 10.9. The molecule has 32 heavy (non-hydrogen) atoms. The number of hydrogen-bond acceptors (Lipinski definition) is 5. The third-order valence-electron chi connectivity index (χ3n) is 6.76. The smallest absolute Gasteiger partial charge is 0.283 e. The molecule has 1 aliphatic carbocycles. The molecule has 2 N–H and O–H groups in total. The minimum absolute atomic E-state index is 0.133. The van der Waals surface area contributed by atoms with E-state index in [0.29, 0.717) is 6.61 Å². The van der Waals surface area contributed by atoms with Crippen LogP contribution >= 0.6 is 0 Å². The number of fused-ring (bicyclic) bond motifs is 4. The third-order valence-corrected chi connectivity index (χ3v) is 6.76. The number of nitrogens with two attached hydrogens (primary N) is 1. The van der Waals surface area contributed by atoms with Gasteiger partial charge in [0.25, 0.3) is 6.02 Å². The quantitative estimate of drug-likeness (QED) is 0.563. The molecule has 1 spiro atoms. The van der Waals surface area contributed by atoms with Crippen LogP contribution in [-0.2, 0) is 10.3 Å². The summed E-state index contributed by atoms with van der Waals surface area (Å²) in [6.07, 6.45) is 7.21. The van der Waals surface area contributed by atoms with Gasteiger partial charge in [0.2, 0.25) is 0 Å². The molecule has 6 rings (SSSR count). The lowest BCUT2D eigenvalue weighted by Crippen LogP contribution is -2.31. The number of hydrogen-bond donors (Lipinski definition) is 1. The van der Waals surface area contributed by atoms with Crippen molar-refractivity contribution in [3.63, 3.8) is 0 Å². The number of rotatable bonds is 1. The molecular formula is C27H23N3O2. The van der Waals surface area contributed by atoms with Gasteiger partial charge in [-0.2, -0.15) is 0 Å². The van der Waals surface area contributed by atoms with Gasteiger partial charge >= 0.3 is 0 Å². The van der Waals surface area contributed by atoms with E-state index in [1.807, 2.05) is 42.6 Å². The predicted octanol–water partition coefficient (Wildman–Crippen LogP) is 4.98. The molecule has 1 aromatic heterocycles. The van der Waals surface area contributed by atoms with E-state index in [-0.39, 0.29) is 11.4 Å². The molecule has 2 aliphatic heterocycles. The third kappa shape index (κ3) is 2.95. The van der Waals surface area contributed by atoms with E-state index < -0.39 is 5.54 Å². The van der Waals surface area contributed by atoms with Gasteiger partial charge in [0.15, 0.2) is 5.54 Å². The van der Waals surface area contributed by atoms with Crippen molar-refractivity contribution < 1.29 is 9.47 Å². The summed E-state index contributed by atoms with van der Waals surface area (Å²) in [7, 11) is 0. The maximum Gasteiger partial charge on any atom is 0.283 e. The number of pyridine rings is 1. The number of nitrogens with zero attached hydrogens (tertiary/aromatic N) is 2. The highest BCUT2D eigenvalue weighted by Crippen LogP contribution is 2.51. The van der Waals surface area contributed by atoms with Gasteiger partial charge in [0, 0.05) is 40.1 Å². The van der Waals surface area contributed by atoms with E-state index in [1.54, 1.807) is 6.20 Å². The molecule has 3 aromatic rings. The number of aliphatic imine (C=N–C) groups is 1. The SMILES string of the molecule is CC1(C#Cc2ccc3c(c2)[C@]2(COC(N)=N2)c2cc(-c4cccnc4)ccc2O3)CCC1. The fourth-order valence-electron chi connectivity index (χ4n) is 4.70. The van der Waals surface area contributed by atoms with Gasteiger partial charge in [0.05, 0.1) is 0 Å². The summed E-state index contributed by atoms with van der Waals surface area (Å²) in [5.41, 5.74) is 10.3. The summed E-state index contributed by atoms with van der Waals surface area (Å²) in [5, 5.41) is 0. The van der Waals surface area contributed by atoms with Crippen molar-refractivity contribution in [1.29, 1.82) is 0 Å². The van der Waals surface area contributed by atoms with Gasteiger partial charge in [-0.3, -0.25) is 4.98 Å². The Balaban J connectivity index is 1.49. The molecule has 5 heteroatoms. The van der Waals surface area contributed by atoms with Crippen LogP contribution in [0.3, 0.4) is 0 Å². The Kier molecular flexibility index (Phi) is 4.06. The van der Waals surface area contributed by atoms with E-state index in [1.165, 1.54) is 6.42 Å². The first kappa shape index (κ1) is 18.9. The zero-order chi connectivity index (χ0) is 21.8. The molecule has 0 saturated heterocycles. The number of ether oxygens (including phenoxy) is 2. The maximum atomic E-state index is 6.29. The monoisotopic (exact) mass is 421 g/mol. The molecule has 1 saturated carbocycles. The first-order chi connectivity index (χ1) is 15.5. The van der Waals surface area contributed by atoms with Crippen LogP contribution in [0, 0.1) is 17.3 Å². The molecule has 3 heterocycles. The number of benzene rings is 2. The first-order valence-electron chi connectivity index (χ1n) is 10.9. The van der Waals surface area contributed by atoms with E-state index in [4.69, 9.17) is 20.2 Å². The molecule has 158 valence electrons. The Bertz CT molecular complexity index is 1320. The van der Waals surface area contributed by atoms with Crippen LogP contribution in [0.15, 0.2) is 65.9 Å². The van der Waals surface area contributed by atoms with Gasteiger partial charge in [-0.15, -0.1) is 0 Å². The molecule has 0 bridgehead atoms. The summed E-state index contributed by atoms with van der Waals surface area (Å²) in [6.45, 7) is 2.56. The van der Waals surface area contributed by atoms with Gasteiger partial charge < -0.3 is 15.2 Å². The van der Waals surface area contributed by atoms with Crippen molar-refractivity contribution in [2.24, 2.45) is 16.1 Å². The van der Waals surface area contributed by atoms with Crippen LogP contribution in [0.4, 0.5) is 0 Å². The summed E-state index contributed by atoms with van der Waals surface area (Å²) < 4.78 is 12.0. The Labute approximate surface area is 187 Å². The van der Waals surface area contributed by atoms with Gasteiger partial charge in [0.1, 0.15) is 18.1 Å². The van der Waals surface area contributed by atoms with Crippen molar-refractivity contribution in [2.45, 2.75) is 31.7 Å². The van der Waals surface area contributed by atoms with Crippen molar-refractivity contribution in [1.82, 2.24) is 4.98 Å². The zero-order valence-corrected chi connectivity index (χ0v) is 17.9. The van der Waals surface area contributed by atoms with Gasteiger partial charge in [-0.1, -0.05) is 30.4 Å². The Hall–Kier alpha value is -3.78. The Morgan fingerprint density at radius 3 is 2.50 bits per heavy atom. The van der Waals surface area contributed by atoms with Crippen LogP contribution in [0.2, 0.25) is 0 Å². The fourth-order valence-corrected chi connectivity index (χ4v) is 4.70. The molecular weight excluding hydrogens is 398 g/mol. The van der Waals surface area contributed by atoms with Crippen LogP contribution in [0.1, 0.15) is 42.9 Å². The second kappa shape index (κ2) is 6.86. The average molecular weight is 422 g/mol. The summed E-state index contributed by atoms with van der Waals surface area (Å²) >= 11 is 0. The van der Waals surface area contributed by atoms with E-state index in [0.717, 1.165) is 52.2 Å². The van der Waals surface area contributed by atoms with Crippen molar-refractivity contribution in [3.8, 4) is 34.5 Å². The molecule has 5 nitrogen and oxygen atoms in total.